The van der Waals surface area contributed by atoms with E-state index in [1.165, 1.54) is 36.4 Å². The second-order valence-electron chi connectivity index (χ2n) is 8.86. The third-order valence-electron chi connectivity index (χ3n) is 6.33. The number of aromatic nitrogens is 1. The van der Waals surface area contributed by atoms with Crippen LogP contribution in [0, 0.1) is 11.6 Å². The first-order valence-corrected chi connectivity index (χ1v) is 11.7. The topological polar surface area (TPSA) is 66.0 Å². The zero-order valence-electron chi connectivity index (χ0n) is 19.9. The first kappa shape index (κ1) is 23.7. The molecule has 0 saturated carbocycles. The summed E-state index contributed by atoms with van der Waals surface area (Å²) in [5.41, 5.74) is 2.29. The number of carbonyl (C=O) groups excluding carboxylic acids is 1. The van der Waals surface area contributed by atoms with Gasteiger partial charge in [0.05, 0.1) is 24.9 Å². The van der Waals surface area contributed by atoms with Crippen molar-refractivity contribution in [1.82, 2.24) is 15.0 Å². The molecule has 0 radical (unpaired) electrons. The molecule has 0 unspecified atom stereocenters. The zero-order chi connectivity index (χ0) is 25.1. The maximum absolute atomic E-state index is 13.6. The second kappa shape index (κ2) is 10.3. The van der Waals surface area contributed by atoms with Crippen LogP contribution in [0.1, 0.15) is 21.7 Å². The van der Waals surface area contributed by atoms with E-state index in [-0.39, 0.29) is 24.8 Å². The van der Waals surface area contributed by atoms with Gasteiger partial charge in [0.25, 0.3) is 5.91 Å². The largest absolute Gasteiger partial charge is 0.467 e. The summed E-state index contributed by atoms with van der Waals surface area (Å²) in [6.07, 6.45) is 1.55. The van der Waals surface area contributed by atoms with Crippen molar-refractivity contribution in [1.29, 1.82) is 0 Å². The Kier molecular flexibility index (Phi) is 6.81. The first-order chi connectivity index (χ1) is 17.5. The summed E-state index contributed by atoms with van der Waals surface area (Å²) < 4.78 is 38.5. The zero-order valence-corrected chi connectivity index (χ0v) is 19.9. The number of anilines is 1. The lowest BCUT2D eigenvalue weighted by atomic mass is 10.1. The molecule has 1 aliphatic heterocycles. The number of benzene rings is 2. The standard InChI is InChI=1S/C27H26F2N4O3/c1-31-12-14-32(15-13-31)27-24(25(30-36-27)19-4-8-21(28)9-5-19)18-33(17-23-3-2-16-35-23)26(34)20-6-10-22(29)11-7-20/h2-11,16H,12-15,17-18H2,1H3. The predicted molar refractivity (Wildman–Crippen MR) is 130 cm³/mol. The van der Waals surface area contributed by atoms with Gasteiger partial charge in [0.2, 0.25) is 5.88 Å². The Morgan fingerprint density at radius 2 is 1.61 bits per heavy atom. The van der Waals surface area contributed by atoms with Crippen LogP contribution in [0.4, 0.5) is 14.7 Å². The van der Waals surface area contributed by atoms with Crippen molar-refractivity contribution < 1.29 is 22.5 Å². The van der Waals surface area contributed by atoms with Gasteiger partial charge in [-0.3, -0.25) is 4.79 Å². The fourth-order valence-corrected chi connectivity index (χ4v) is 4.29. The Morgan fingerprint density at radius 3 is 2.25 bits per heavy atom. The number of piperazine rings is 1. The summed E-state index contributed by atoms with van der Waals surface area (Å²) in [7, 11) is 2.06. The van der Waals surface area contributed by atoms with E-state index in [4.69, 9.17) is 8.94 Å². The third-order valence-corrected chi connectivity index (χ3v) is 6.33. The van der Waals surface area contributed by atoms with E-state index in [1.54, 1.807) is 35.4 Å². The lowest BCUT2D eigenvalue weighted by Gasteiger charge is -2.33. The molecule has 186 valence electrons. The molecule has 36 heavy (non-hydrogen) atoms. The molecule has 3 heterocycles. The van der Waals surface area contributed by atoms with Gasteiger partial charge < -0.3 is 23.6 Å². The van der Waals surface area contributed by atoms with Gasteiger partial charge >= 0.3 is 0 Å². The number of rotatable bonds is 7. The van der Waals surface area contributed by atoms with Crippen molar-refractivity contribution in [2.45, 2.75) is 13.1 Å². The van der Waals surface area contributed by atoms with Gasteiger partial charge in [-0.15, -0.1) is 0 Å². The van der Waals surface area contributed by atoms with E-state index in [0.717, 1.165) is 26.2 Å². The number of carbonyl (C=O) groups is 1. The Morgan fingerprint density at radius 1 is 0.944 bits per heavy atom. The van der Waals surface area contributed by atoms with E-state index in [2.05, 4.69) is 22.0 Å². The average molecular weight is 493 g/mol. The molecule has 1 aliphatic rings. The average Bonchev–Trinajstić information content (AvgIpc) is 3.55. The summed E-state index contributed by atoms with van der Waals surface area (Å²) >= 11 is 0. The number of nitrogens with zero attached hydrogens (tertiary/aromatic N) is 4. The highest BCUT2D eigenvalue weighted by molar-refractivity contribution is 5.94. The number of amides is 1. The van der Waals surface area contributed by atoms with Gasteiger partial charge in [0.15, 0.2) is 0 Å². The number of hydrogen-bond donors (Lipinski definition) is 0. The van der Waals surface area contributed by atoms with Crippen LogP contribution in [0.5, 0.6) is 0 Å². The summed E-state index contributed by atoms with van der Waals surface area (Å²) in [5, 5.41) is 4.34. The van der Waals surface area contributed by atoms with Gasteiger partial charge in [-0.05, 0) is 67.7 Å². The Labute approximate surface area is 207 Å². The van der Waals surface area contributed by atoms with Gasteiger partial charge in [0.1, 0.15) is 23.1 Å². The normalized spacial score (nSPS) is 14.2. The van der Waals surface area contributed by atoms with E-state index in [0.29, 0.717) is 34.0 Å². The van der Waals surface area contributed by atoms with Gasteiger partial charge in [0, 0.05) is 37.3 Å². The highest BCUT2D eigenvalue weighted by atomic mass is 19.1. The van der Waals surface area contributed by atoms with Crippen molar-refractivity contribution in [3.05, 3.63) is 95.4 Å². The molecular formula is C27H26F2N4O3. The van der Waals surface area contributed by atoms with Crippen LogP contribution in [0.15, 0.2) is 75.9 Å². The van der Waals surface area contributed by atoms with Gasteiger partial charge in [-0.1, -0.05) is 5.16 Å². The highest BCUT2D eigenvalue weighted by Crippen LogP contribution is 2.34. The fourth-order valence-electron chi connectivity index (χ4n) is 4.29. The molecule has 0 aliphatic carbocycles. The molecule has 2 aromatic heterocycles. The third kappa shape index (κ3) is 5.16. The maximum Gasteiger partial charge on any atom is 0.254 e. The molecule has 7 nitrogen and oxygen atoms in total. The number of furan rings is 1. The highest BCUT2D eigenvalue weighted by Gasteiger charge is 2.28. The fraction of sp³-hybridized carbons (Fsp3) is 0.259. The predicted octanol–water partition coefficient (Wildman–Crippen LogP) is 4.81. The van der Waals surface area contributed by atoms with E-state index in [9.17, 15) is 13.6 Å². The Balaban J connectivity index is 1.54. The first-order valence-electron chi connectivity index (χ1n) is 11.7. The molecule has 0 atom stereocenters. The van der Waals surface area contributed by atoms with Crippen molar-refractivity contribution >= 4 is 11.8 Å². The summed E-state index contributed by atoms with van der Waals surface area (Å²) in [4.78, 5) is 19.5. The molecule has 0 spiro atoms. The molecule has 9 heteroatoms. The van der Waals surface area contributed by atoms with Crippen molar-refractivity contribution in [2.75, 3.05) is 38.1 Å². The molecule has 1 amide bonds. The molecule has 4 aromatic rings. The maximum atomic E-state index is 13.6. The molecule has 5 rings (SSSR count). The van der Waals surface area contributed by atoms with E-state index < -0.39 is 5.82 Å². The van der Waals surface area contributed by atoms with Crippen molar-refractivity contribution in [2.24, 2.45) is 0 Å². The summed E-state index contributed by atoms with van der Waals surface area (Å²) in [5.74, 6) is 0.125. The minimum atomic E-state index is -0.417. The van der Waals surface area contributed by atoms with Crippen LogP contribution in [0.2, 0.25) is 0 Å². The van der Waals surface area contributed by atoms with Crippen LogP contribution < -0.4 is 4.90 Å². The summed E-state index contributed by atoms with van der Waals surface area (Å²) in [6, 6.07) is 15.0. The minimum Gasteiger partial charge on any atom is -0.467 e. The lowest BCUT2D eigenvalue weighted by molar-refractivity contribution is 0.0718. The monoisotopic (exact) mass is 492 g/mol. The van der Waals surface area contributed by atoms with Gasteiger partial charge in [-0.2, -0.15) is 0 Å². The van der Waals surface area contributed by atoms with E-state index in [1.807, 2.05) is 0 Å². The number of likely N-dealkylation sites (N-methyl/N-ethyl adjacent to an activating group) is 1. The van der Waals surface area contributed by atoms with Gasteiger partial charge in [-0.25, -0.2) is 8.78 Å². The van der Waals surface area contributed by atoms with E-state index >= 15 is 0 Å². The molecule has 1 saturated heterocycles. The molecule has 1 fully saturated rings. The van der Waals surface area contributed by atoms with Crippen molar-refractivity contribution in [3.63, 3.8) is 0 Å². The van der Waals surface area contributed by atoms with Crippen LogP contribution in [0.25, 0.3) is 11.3 Å². The minimum absolute atomic E-state index is 0.162. The number of halogens is 2. The molecule has 0 bridgehead atoms. The van der Waals surface area contributed by atoms with Crippen molar-refractivity contribution in [3.8, 4) is 11.3 Å². The quantitative estimate of drug-likeness (QED) is 0.369. The SMILES string of the molecule is CN1CCN(c2onc(-c3ccc(F)cc3)c2CN(Cc2ccco2)C(=O)c2ccc(F)cc2)CC1. The van der Waals surface area contributed by atoms with Crippen LogP contribution >= 0.6 is 0 Å². The number of hydrogen-bond acceptors (Lipinski definition) is 6. The van der Waals surface area contributed by atoms with Crippen LogP contribution in [0.3, 0.4) is 0 Å². The summed E-state index contributed by atoms with van der Waals surface area (Å²) in [6.45, 7) is 3.55. The van der Waals surface area contributed by atoms with Crippen LogP contribution in [-0.2, 0) is 13.1 Å². The smallest absolute Gasteiger partial charge is 0.254 e. The van der Waals surface area contributed by atoms with Crippen LogP contribution in [-0.4, -0.2) is 54.1 Å². The molecule has 0 N–H and O–H groups in total. The second-order valence-corrected chi connectivity index (χ2v) is 8.86. The Bertz CT molecular complexity index is 1300. The molecule has 2 aromatic carbocycles. The molecular weight excluding hydrogens is 466 g/mol. The lowest BCUT2D eigenvalue weighted by Crippen LogP contribution is -2.44. The Hall–Kier alpha value is -3.98.